The minimum absolute atomic E-state index is 0.518. The van der Waals surface area contributed by atoms with E-state index in [1.165, 1.54) is 0 Å². The second-order valence-electron chi connectivity index (χ2n) is 6.08. The molecule has 0 saturated heterocycles. The molecule has 2 aromatic heterocycles. The van der Waals surface area contributed by atoms with Gasteiger partial charge in [-0.05, 0) is 43.3 Å². The average molecular weight is 357 g/mol. The van der Waals surface area contributed by atoms with Crippen LogP contribution in [0.2, 0.25) is 0 Å². The molecule has 0 radical (unpaired) electrons. The minimum atomic E-state index is 0.518. The summed E-state index contributed by atoms with van der Waals surface area (Å²) in [5.41, 5.74) is 3.53. The maximum atomic E-state index is 5.19. The van der Waals surface area contributed by atoms with Crippen molar-refractivity contribution in [1.29, 1.82) is 0 Å². The maximum absolute atomic E-state index is 5.19. The van der Waals surface area contributed by atoms with E-state index < -0.39 is 0 Å². The van der Waals surface area contributed by atoms with E-state index in [9.17, 15) is 0 Å². The number of nitrogens with one attached hydrogen (secondary N) is 2. The van der Waals surface area contributed by atoms with Crippen LogP contribution in [0.1, 0.15) is 5.69 Å². The summed E-state index contributed by atoms with van der Waals surface area (Å²) in [5, 5.41) is 7.65. The van der Waals surface area contributed by atoms with E-state index >= 15 is 0 Å². The van der Waals surface area contributed by atoms with Crippen LogP contribution in [0.4, 0.5) is 23.1 Å². The van der Waals surface area contributed by atoms with Gasteiger partial charge in [0.05, 0.1) is 18.3 Å². The number of anilines is 4. The Morgan fingerprint density at radius 1 is 0.889 bits per heavy atom. The Morgan fingerprint density at radius 2 is 1.70 bits per heavy atom. The number of methoxy groups -OCH3 is 1. The van der Waals surface area contributed by atoms with Crippen LogP contribution in [-0.2, 0) is 0 Å². The summed E-state index contributed by atoms with van der Waals surface area (Å²) in [6.45, 7) is 1.94. The summed E-state index contributed by atoms with van der Waals surface area (Å²) in [6, 6.07) is 19.5. The van der Waals surface area contributed by atoms with Gasteiger partial charge in [-0.2, -0.15) is 4.98 Å². The van der Waals surface area contributed by atoms with Gasteiger partial charge in [-0.1, -0.05) is 18.2 Å². The summed E-state index contributed by atoms with van der Waals surface area (Å²) < 4.78 is 5.19. The molecular weight excluding hydrogens is 338 g/mol. The van der Waals surface area contributed by atoms with Gasteiger partial charge in [-0.3, -0.25) is 4.98 Å². The first-order valence-electron chi connectivity index (χ1n) is 8.59. The Labute approximate surface area is 157 Å². The van der Waals surface area contributed by atoms with Gasteiger partial charge >= 0.3 is 0 Å². The molecule has 0 aliphatic carbocycles. The van der Waals surface area contributed by atoms with Crippen molar-refractivity contribution in [2.45, 2.75) is 6.92 Å². The number of aryl methyl sites for hydroxylation is 1. The van der Waals surface area contributed by atoms with Gasteiger partial charge in [-0.25, -0.2) is 4.98 Å². The molecule has 0 aliphatic heterocycles. The lowest BCUT2D eigenvalue weighted by Crippen LogP contribution is -2.03. The molecule has 2 aromatic carbocycles. The smallest absolute Gasteiger partial charge is 0.229 e. The van der Waals surface area contributed by atoms with Gasteiger partial charge in [0.1, 0.15) is 11.6 Å². The van der Waals surface area contributed by atoms with Crippen LogP contribution in [0, 0.1) is 6.92 Å². The molecular formula is C21H19N5O. The lowest BCUT2D eigenvalue weighted by Gasteiger charge is -2.11. The first-order chi connectivity index (χ1) is 13.2. The molecule has 2 N–H and O–H groups in total. The van der Waals surface area contributed by atoms with E-state index in [0.29, 0.717) is 11.8 Å². The number of ether oxygens (including phenoxy) is 1. The molecule has 4 rings (SSSR count). The lowest BCUT2D eigenvalue weighted by atomic mass is 10.2. The van der Waals surface area contributed by atoms with Crippen LogP contribution in [0.15, 0.2) is 66.9 Å². The maximum Gasteiger partial charge on any atom is 0.229 e. The van der Waals surface area contributed by atoms with E-state index in [-0.39, 0.29) is 0 Å². The van der Waals surface area contributed by atoms with Crippen LogP contribution in [0.25, 0.3) is 10.9 Å². The SMILES string of the molecule is COc1ccc(Nc2cc(C)nc(Nc3cccc4cccnc34)n2)cc1. The second kappa shape index (κ2) is 7.29. The fraction of sp³-hybridized carbons (Fsp3) is 0.0952. The number of fused-ring (bicyclic) bond motifs is 1. The van der Waals surface area contributed by atoms with Gasteiger partial charge in [0.15, 0.2) is 0 Å². The van der Waals surface area contributed by atoms with Crippen molar-refractivity contribution >= 4 is 34.0 Å². The number of nitrogens with zero attached hydrogens (tertiary/aromatic N) is 3. The summed E-state index contributed by atoms with van der Waals surface area (Å²) >= 11 is 0. The van der Waals surface area contributed by atoms with Gasteiger partial charge < -0.3 is 15.4 Å². The molecule has 0 spiro atoms. The average Bonchev–Trinajstić information content (AvgIpc) is 2.68. The minimum Gasteiger partial charge on any atom is -0.497 e. The van der Waals surface area contributed by atoms with Crippen molar-refractivity contribution in [2.75, 3.05) is 17.7 Å². The first kappa shape index (κ1) is 16.8. The van der Waals surface area contributed by atoms with E-state index in [0.717, 1.165) is 33.7 Å². The summed E-state index contributed by atoms with van der Waals surface area (Å²) in [7, 11) is 1.65. The molecule has 27 heavy (non-hydrogen) atoms. The third-order valence-corrected chi connectivity index (χ3v) is 4.10. The standard InChI is InChI=1S/C21H19N5O/c1-14-13-19(24-16-8-10-17(27-2)11-9-16)26-21(23-14)25-18-7-3-5-15-6-4-12-22-20(15)18/h3-13H,1-2H3,(H2,23,24,25,26). The number of benzene rings is 2. The third-order valence-electron chi connectivity index (χ3n) is 4.10. The van der Waals surface area contributed by atoms with E-state index in [1.54, 1.807) is 13.3 Å². The van der Waals surface area contributed by atoms with Crippen molar-refractivity contribution in [3.05, 3.63) is 72.6 Å². The van der Waals surface area contributed by atoms with Crippen molar-refractivity contribution in [3.8, 4) is 5.75 Å². The van der Waals surface area contributed by atoms with Gasteiger partial charge in [0, 0.05) is 29.0 Å². The number of rotatable bonds is 5. The van der Waals surface area contributed by atoms with Crippen molar-refractivity contribution in [1.82, 2.24) is 15.0 Å². The Hall–Kier alpha value is -3.67. The fourth-order valence-corrected chi connectivity index (χ4v) is 2.84. The molecule has 0 aliphatic rings. The van der Waals surface area contributed by atoms with Crippen molar-refractivity contribution in [3.63, 3.8) is 0 Å². The largest absolute Gasteiger partial charge is 0.497 e. The normalized spacial score (nSPS) is 10.6. The predicted molar refractivity (Wildman–Crippen MR) is 108 cm³/mol. The molecule has 0 atom stereocenters. The van der Waals surface area contributed by atoms with Gasteiger partial charge in [0.25, 0.3) is 0 Å². The first-order valence-corrected chi connectivity index (χ1v) is 8.59. The zero-order chi connectivity index (χ0) is 18.6. The summed E-state index contributed by atoms with van der Waals surface area (Å²) in [6.07, 6.45) is 1.78. The highest BCUT2D eigenvalue weighted by Gasteiger charge is 2.07. The highest BCUT2D eigenvalue weighted by molar-refractivity contribution is 5.91. The Kier molecular flexibility index (Phi) is 4.53. The van der Waals surface area contributed by atoms with Crippen molar-refractivity contribution < 1.29 is 4.74 Å². The number of hydrogen-bond donors (Lipinski definition) is 2. The summed E-state index contributed by atoms with van der Waals surface area (Å²) in [4.78, 5) is 13.5. The lowest BCUT2D eigenvalue weighted by molar-refractivity contribution is 0.415. The molecule has 0 amide bonds. The molecule has 0 unspecified atom stereocenters. The highest BCUT2D eigenvalue weighted by atomic mass is 16.5. The zero-order valence-electron chi connectivity index (χ0n) is 15.1. The van der Waals surface area contributed by atoms with Gasteiger partial charge in [0.2, 0.25) is 5.95 Å². The Morgan fingerprint density at radius 3 is 2.52 bits per heavy atom. The monoisotopic (exact) mass is 357 g/mol. The quantitative estimate of drug-likeness (QED) is 0.533. The number of aromatic nitrogens is 3. The zero-order valence-corrected chi connectivity index (χ0v) is 15.1. The predicted octanol–water partition coefficient (Wildman–Crippen LogP) is 4.83. The van der Waals surface area contributed by atoms with E-state index in [4.69, 9.17) is 4.74 Å². The highest BCUT2D eigenvalue weighted by Crippen LogP contribution is 2.25. The van der Waals surface area contributed by atoms with Gasteiger partial charge in [-0.15, -0.1) is 0 Å². The molecule has 2 heterocycles. The summed E-state index contributed by atoms with van der Waals surface area (Å²) in [5.74, 6) is 2.04. The Balaban J connectivity index is 1.61. The Bertz CT molecular complexity index is 1070. The van der Waals surface area contributed by atoms with E-state index in [1.807, 2.05) is 67.6 Å². The second-order valence-corrected chi connectivity index (χ2v) is 6.08. The van der Waals surface area contributed by atoms with Crippen LogP contribution < -0.4 is 15.4 Å². The van der Waals surface area contributed by atoms with Crippen LogP contribution in [0.5, 0.6) is 5.75 Å². The molecule has 134 valence electrons. The number of pyridine rings is 1. The fourth-order valence-electron chi connectivity index (χ4n) is 2.84. The molecule has 6 heteroatoms. The number of hydrogen-bond acceptors (Lipinski definition) is 6. The molecule has 0 bridgehead atoms. The van der Waals surface area contributed by atoms with Crippen LogP contribution in [-0.4, -0.2) is 22.1 Å². The topological polar surface area (TPSA) is 72.0 Å². The van der Waals surface area contributed by atoms with E-state index in [2.05, 4.69) is 25.6 Å². The molecule has 4 aromatic rings. The van der Waals surface area contributed by atoms with Crippen LogP contribution >= 0.6 is 0 Å². The number of para-hydroxylation sites is 1. The molecule has 0 fully saturated rings. The van der Waals surface area contributed by atoms with Crippen molar-refractivity contribution in [2.24, 2.45) is 0 Å². The third kappa shape index (κ3) is 3.79. The van der Waals surface area contributed by atoms with Crippen LogP contribution in [0.3, 0.4) is 0 Å². The molecule has 6 nitrogen and oxygen atoms in total. The molecule has 0 saturated carbocycles.